The Morgan fingerprint density at radius 3 is 2.45 bits per heavy atom. The van der Waals surface area contributed by atoms with E-state index in [0.29, 0.717) is 17.9 Å². The monoisotopic (exact) mass is 443 g/mol. The van der Waals surface area contributed by atoms with Gasteiger partial charge in [0.15, 0.2) is 0 Å². The third kappa shape index (κ3) is 7.28. The topological polar surface area (TPSA) is 98.1 Å². The molecule has 3 aromatic rings. The van der Waals surface area contributed by atoms with Crippen LogP contribution in [0.2, 0.25) is 0 Å². The molecule has 8 heteroatoms. The van der Waals surface area contributed by atoms with E-state index in [9.17, 15) is 14.6 Å². The third-order valence-corrected chi connectivity index (χ3v) is 5.42. The van der Waals surface area contributed by atoms with Crippen molar-refractivity contribution < 1.29 is 28.3 Å². The van der Waals surface area contributed by atoms with Gasteiger partial charge >= 0.3 is 7.82 Å². The molecule has 1 atom stereocenters. The summed E-state index contributed by atoms with van der Waals surface area (Å²) in [5, 5.41) is 9.25. The van der Waals surface area contributed by atoms with E-state index in [-0.39, 0.29) is 13.2 Å². The number of benzene rings is 2. The number of aliphatic hydroxyl groups excluding tert-OH is 1. The van der Waals surface area contributed by atoms with Gasteiger partial charge in [0.1, 0.15) is 12.4 Å². The molecule has 31 heavy (non-hydrogen) atoms. The molecule has 0 bridgehead atoms. The van der Waals surface area contributed by atoms with Gasteiger partial charge in [-0.05, 0) is 48.7 Å². The van der Waals surface area contributed by atoms with Crippen molar-refractivity contribution in [3.05, 3.63) is 83.6 Å². The molecule has 0 aliphatic carbocycles. The lowest BCUT2D eigenvalue weighted by Crippen LogP contribution is -2.03. The van der Waals surface area contributed by atoms with Crippen molar-refractivity contribution in [3.8, 4) is 17.0 Å². The zero-order chi connectivity index (χ0) is 22.3. The molecule has 0 saturated carbocycles. The van der Waals surface area contributed by atoms with Gasteiger partial charge in [0.05, 0.1) is 25.0 Å². The number of ether oxygens (including phenoxy) is 1. The fourth-order valence-corrected chi connectivity index (χ4v) is 3.77. The maximum atomic E-state index is 11.8. The molecule has 7 nitrogen and oxygen atoms in total. The molecule has 2 aromatic carbocycles. The summed E-state index contributed by atoms with van der Waals surface area (Å²) in [7, 11) is -4.09. The molecule has 164 valence electrons. The third-order valence-electron chi connectivity index (χ3n) is 4.27. The zero-order valence-corrected chi connectivity index (χ0v) is 18.4. The number of phosphoric ester groups is 1. The summed E-state index contributed by atoms with van der Waals surface area (Å²) in [6.07, 6.45) is 1.18. The highest BCUT2D eigenvalue weighted by Gasteiger charge is 2.22. The Kier molecular flexibility index (Phi) is 7.96. The minimum absolute atomic E-state index is 0.00334. The van der Waals surface area contributed by atoms with E-state index in [4.69, 9.17) is 13.8 Å². The molecule has 0 saturated heterocycles. The Hall–Kier alpha value is -2.54. The predicted molar refractivity (Wildman–Crippen MR) is 117 cm³/mol. The van der Waals surface area contributed by atoms with Gasteiger partial charge in [0.25, 0.3) is 0 Å². The Bertz CT molecular complexity index is 1040. The number of nitrogens with zero attached hydrogens (tertiary/aromatic N) is 1. The summed E-state index contributed by atoms with van der Waals surface area (Å²) >= 11 is 0. The molecule has 3 rings (SSSR count). The first kappa shape index (κ1) is 23.1. The average molecular weight is 443 g/mol. The first-order valence-corrected chi connectivity index (χ1v) is 11.4. The van der Waals surface area contributed by atoms with Crippen LogP contribution in [-0.2, 0) is 33.4 Å². The maximum absolute atomic E-state index is 11.8. The fraction of sp³-hybridized carbons (Fsp3) is 0.261. The van der Waals surface area contributed by atoms with Crippen LogP contribution < -0.4 is 4.74 Å². The van der Waals surface area contributed by atoms with Crippen LogP contribution in [0.5, 0.6) is 5.75 Å². The van der Waals surface area contributed by atoms with Gasteiger partial charge in [-0.1, -0.05) is 42.5 Å². The lowest BCUT2D eigenvalue weighted by atomic mass is 10.1. The van der Waals surface area contributed by atoms with Crippen molar-refractivity contribution in [2.75, 3.05) is 0 Å². The first-order chi connectivity index (χ1) is 14.8. The van der Waals surface area contributed by atoms with E-state index in [2.05, 4.69) is 4.98 Å². The van der Waals surface area contributed by atoms with Crippen LogP contribution >= 0.6 is 7.82 Å². The number of phosphoric acid groups is 1. The van der Waals surface area contributed by atoms with Gasteiger partial charge in [-0.25, -0.2) is 4.57 Å². The van der Waals surface area contributed by atoms with E-state index in [1.54, 1.807) is 26.1 Å². The average Bonchev–Trinajstić information content (AvgIpc) is 2.76. The standard InChI is InChI=1S/C23H26NO6P/c1-17(2)30-31(26,27)29-16-20-9-10-23(24-13-20)21-7-4-8-22(12-21)28-15-19-6-3-5-18(11-19)14-25/h3-13,17,25H,14-16H2,1-2H3,(H,26,27). The van der Waals surface area contributed by atoms with Crippen molar-refractivity contribution in [1.82, 2.24) is 4.98 Å². The lowest BCUT2D eigenvalue weighted by Gasteiger charge is -2.14. The van der Waals surface area contributed by atoms with Crippen LogP contribution in [0.3, 0.4) is 0 Å². The molecule has 0 aliphatic rings. The summed E-state index contributed by atoms with van der Waals surface area (Å²) in [4.78, 5) is 14.1. The van der Waals surface area contributed by atoms with Gasteiger partial charge in [0.2, 0.25) is 0 Å². The Morgan fingerprint density at radius 2 is 1.74 bits per heavy atom. The highest BCUT2D eigenvalue weighted by molar-refractivity contribution is 7.47. The van der Waals surface area contributed by atoms with Crippen LogP contribution in [0.15, 0.2) is 66.9 Å². The quantitative estimate of drug-likeness (QED) is 0.432. The smallest absolute Gasteiger partial charge is 0.472 e. The van der Waals surface area contributed by atoms with E-state index in [1.165, 1.54) is 0 Å². The highest BCUT2D eigenvalue weighted by Crippen LogP contribution is 2.45. The number of hydrogen-bond donors (Lipinski definition) is 2. The van der Waals surface area contributed by atoms with Crippen LogP contribution in [0.1, 0.15) is 30.5 Å². The first-order valence-electron chi connectivity index (χ1n) is 9.87. The van der Waals surface area contributed by atoms with E-state index in [0.717, 1.165) is 22.4 Å². The summed E-state index contributed by atoms with van der Waals surface area (Å²) in [6.45, 7) is 3.63. The number of pyridine rings is 1. The van der Waals surface area contributed by atoms with Gasteiger partial charge in [0, 0.05) is 11.8 Å². The summed E-state index contributed by atoms with van der Waals surface area (Å²) in [6, 6.07) is 18.8. The molecule has 0 aliphatic heterocycles. The molecule has 0 fully saturated rings. The Balaban J connectivity index is 1.62. The molecule has 1 heterocycles. The molecular weight excluding hydrogens is 417 g/mol. The number of aromatic nitrogens is 1. The van der Waals surface area contributed by atoms with E-state index >= 15 is 0 Å². The summed E-state index contributed by atoms with van der Waals surface area (Å²) < 4.78 is 27.5. The number of hydrogen-bond acceptors (Lipinski definition) is 6. The molecular formula is C23H26NO6P. The van der Waals surface area contributed by atoms with Crippen molar-refractivity contribution >= 4 is 7.82 Å². The molecule has 0 amide bonds. The second-order valence-electron chi connectivity index (χ2n) is 7.24. The molecule has 1 aromatic heterocycles. The summed E-state index contributed by atoms with van der Waals surface area (Å²) in [5.41, 5.74) is 4.09. The molecule has 0 spiro atoms. The molecule has 1 unspecified atom stereocenters. The van der Waals surface area contributed by atoms with Crippen LogP contribution in [0.25, 0.3) is 11.3 Å². The van der Waals surface area contributed by atoms with Crippen molar-refractivity contribution in [2.45, 2.75) is 39.8 Å². The molecule has 0 radical (unpaired) electrons. The predicted octanol–water partition coefficient (Wildman–Crippen LogP) is 4.86. The Labute approximate surface area is 181 Å². The van der Waals surface area contributed by atoms with Gasteiger partial charge < -0.3 is 14.7 Å². The Morgan fingerprint density at radius 1 is 0.968 bits per heavy atom. The van der Waals surface area contributed by atoms with Crippen LogP contribution in [0.4, 0.5) is 0 Å². The second-order valence-corrected chi connectivity index (χ2v) is 8.65. The van der Waals surface area contributed by atoms with Gasteiger partial charge in [-0.3, -0.25) is 14.0 Å². The second kappa shape index (κ2) is 10.7. The van der Waals surface area contributed by atoms with E-state index < -0.39 is 13.9 Å². The lowest BCUT2D eigenvalue weighted by molar-refractivity contribution is 0.116. The summed E-state index contributed by atoms with van der Waals surface area (Å²) in [5.74, 6) is 0.702. The van der Waals surface area contributed by atoms with Crippen molar-refractivity contribution in [2.24, 2.45) is 0 Å². The minimum atomic E-state index is -4.09. The largest absolute Gasteiger partial charge is 0.489 e. The molecule has 2 N–H and O–H groups in total. The SMILES string of the molecule is CC(C)OP(=O)(O)OCc1ccc(-c2cccc(OCc3cccc(CO)c3)c2)nc1. The number of rotatable bonds is 10. The normalized spacial score (nSPS) is 13.2. The highest BCUT2D eigenvalue weighted by atomic mass is 31.2. The zero-order valence-electron chi connectivity index (χ0n) is 17.5. The van der Waals surface area contributed by atoms with Crippen LogP contribution in [-0.4, -0.2) is 21.1 Å². The fourth-order valence-electron chi connectivity index (χ4n) is 2.86. The van der Waals surface area contributed by atoms with Crippen molar-refractivity contribution in [3.63, 3.8) is 0 Å². The maximum Gasteiger partial charge on any atom is 0.472 e. The van der Waals surface area contributed by atoms with Crippen LogP contribution in [0, 0.1) is 0 Å². The van der Waals surface area contributed by atoms with Gasteiger partial charge in [-0.15, -0.1) is 0 Å². The van der Waals surface area contributed by atoms with Crippen molar-refractivity contribution in [1.29, 1.82) is 0 Å². The minimum Gasteiger partial charge on any atom is -0.489 e. The number of aliphatic hydroxyl groups is 1. The van der Waals surface area contributed by atoms with Gasteiger partial charge in [-0.2, -0.15) is 0 Å². The van der Waals surface area contributed by atoms with E-state index in [1.807, 2.05) is 54.6 Å².